The first kappa shape index (κ1) is 25.6. The van der Waals surface area contributed by atoms with Gasteiger partial charge in [0.05, 0.1) is 6.61 Å². The minimum absolute atomic E-state index is 0.236. The van der Waals surface area contributed by atoms with E-state index in [-0.39, 0.29) is 6.61 Å². The second-order valence-corrected chi connectivity index (χ2v) is 9.08. The van der Waals surface area contributed by atoms with Crippen molar-refractivity contribution in [2.24, 2.45) is 0 Å². The number of aromatic amines is 1. The SMILES string of the molecule is C=C/C=C(\C=C(C)C)c1c[nH]c2ncc(/C(C=C)=C/C=C(\C)CN3CCN(CCO)CC3)cc12. The number of fused-ring (bicyclic) bond motifs is 1. The number of pyridine rings is 1. The minimum atomic E-state index is 0.236. The Morgan fingerprint density at radius 3 is 2.44 bits per heavy atom. The highest BCUT2D eigenvalue weighted by Gasteiger charge is 2.16. The molecule has 180 valence electrons. The summed E-state index contributed by atoms with van der Waals surface area (Å²) in [5.74, 6) is 0. The molecule has 1 saturated heterocycles. The molecule has 34 heavy (non-hydrogen) atoms. The van der Waals surface area contributed by atoms with E-state index >= 15 is 0 Å². The molecule has 0 atom stereocenters. The van der Waals surface area contributed by atoms with Crippen LogP contribution in [-0.4, -0.2) is 70.7 Å². The summed E-state index contributed by atoms with van der Waals surface area (Å²) in [6, 6.07) is 2.18. The summed E-state index contributed by atoms with van der Waals surface area (Å²) in [7, 11) is 0. The van der Waals surface area contributed by atoms with Gasteiger partial charge in [-0.05, 0) is 38.0 Å². The molecule has 0 radical (unpaired) electrons. The van der Waals surface area contributed by atoms with Gasteiger partial charge in [0.2, 0.25) is 0 Å². The molecule has 1 aliphatic rings. The second-order valence-electron chi connectivity index (χ2n) is 9.08. The van der Waals surface area contributed by atoms with Crippen LogP contribution >= 0.6 is 0 Å². The number of aliphatic hydroxyl groups excluding tert-OH is 1. The monoisotopic (exact) mass is 458 g/mol. The predicted molar refractivity (Wildman–Crippen MR) is 146 cm³/mol. The van der Waals surface area contributed by atoms with Crippen LogP contribution in [0.5, 0.6) is 0 Å². The number of nitrogens with zero attached hydrogens (tertiary/aromatic N) is 3. The average Bonchev–Trinajstić information content (AvgIpc) is 3.24. The van der Waals surface area contributed by atoms with Crippen LogP contribution in [0.25, 0.3) is 22.2 Å². The van der Waals surface area contributed by atoms with Crippen LogP contribution in [0.3, 0.4) is 0 Å². The third-order valence-electron chi connectivity index (χ3n) is 6.04. The molecule has 2 N–H and O–H groups in total. The Hall–Kier alpha value is -2.99. The Bertz CT molecular complexity index is 1120. The van der Waals surface area contributed by atoms with Crippen LogP contribution in [0, 0.1) is 0 Å². The van der Waals surface area contributed by atoms with Crippen molar-refractivity contribution in [3.8, 4) is 0 Å². The zero-order valence-electron chi connectivity index (χ0n) is 20.8. The minimum Gasteiger partial charge on any atom is -0.395 e. The third kappa shape index (κ3) is 6.76. The first-order chi connectivity index (χ1) is 16.4. The number of piperazine rings is 1. The fourth-order valence-corrected chi connectivity index (χ4v) is 4.29. The lowest BCUT2D eigenvalue weighted by Gasteiger charge is -2.34. The highest BCUT2D eigenvalue weighted by Crippen LogP contribution is 2.28. The van der Waals surface area contributed by atoms with Gasteiger partial charge in [0, 0.05) is 68.2 Å². The normalized spacial score (nSPS) is 16.6. The molecule has 3 rings (SSSR count). The predicted octanol–water partition coefficient (Wildman–Crippen LogP) is 5.22. The van der Waals surface area contributed by atoms with Crippen molar-refractivity contribution in [3.05, 3.63) is 90.3 Å². The number of aliphatic hydroxyl groups is 1. The summed E-state index contributed by atoms with van der Waals surface area (Å²) in [4.78, 5) is 12.7. The van der Waals surface area contributed by atoms with Crippen molar-refractivity contribution >= 4 is 22.2 Å². The Balaban J connectivity index is 1.80. The Morgan fingerprint density at radius 2 is 1.79 bits per heavy atom. The number of H-pyrrole nitrogens is 1. The molecule has 2 aromatic rings. The smallest absolute Gasteiger partial charge is 0.137 e. The lowest BCUT2D eigenvalue weighted by atomic mass is 10.0. The lowest BCUT2D eigenvalue weighted by molar-refractivity contribution is 0.118. The van der Waals surface area contributed by atoms with E-state index in [4.69, 9.17) is 5.11 Å². The van der Waals surface area contributed by atoms with E-state index in [0.717, 1.165) is 72.6 Å². The van der Waals surface area contributed by atoms with Gasteiger partial charge < -0.3 is 10.1 Å². The molecule has 2 aromatic heterocycles. The number of rotatable bonds is 10. The number of hydrogen-bond donors (Lipinski definition) is 2. The summed E-state index contributed by atoms with van der Waals surface area (Å²) < 4.78 is 0. The quantitative estimate of drug-likeness (QED) is 0.479. The Labute approximate surface area is 204 Å². The zero-order valence-corrected chi connectivity index (χ0v) is 20.8. The molecule has 0 saturated carbocycles. The molecule has 0 aromatic carbocycles. The zero-order chi connectivity index (χ0) is 24.5. The topological polar surface area (TPSA) is 55.4 Å². The van der Waals surface area contributed by atoms with Crippen molar-refractivity contribution in [1.29, 1.82) is 0 Å². The van der Waals surface area contributed by atoms with Crippen LogP contribution in [0.4, 0.5) is 0 Å². The number of β-amino-alcohol motifs (C(OH)–C–C–N with tert-alkyl or cyclic N) is 1. The van der Waals surface area contributed by atoms with Crippen molar-refractivity contribution in [3.63, 3.8) is 0 Å². The van der Waals surface area contributed by atoms with Crippen molar-refractivity contribution in [2.75, 3.05) is 45.9 Å². The standard InChI is InChI=1S/C29H38N4O/c1-6-8-25(17-22(3)4)28-20-31-29-27(28)18-26(19-30-29)24(7-2)10-9-23(5)21-33-13-11-32(12-14-33)15-16-34/h6-10,17-20,34H,1-2,11-16,21H2,3-5H3,(H,30,31)/b23-9+,24-10+,25-8+. The summed E-state index contributed by atoms with van der Waals surface area (Å²) in [6.45, 7) is 20.3. The molecule has 1 aliphatic heterocycles. The van der Waals surface area contributed by atoms with Gasteiger partial charge in [0.25, 0.3) is 0 Å². The van der Waals surface area contributed by atoms with Crippen molar-refractivity contribution < 1.29 is 5.11 Å². The molecule has 5 heteroatoms. The van der Waals surface area contributed by atoms with Crippen LogP contribution in [-0.2, 0) is 0 Å². The summed E-state index contributed by atoms with van der Waals surface area (Å²) in [5, 5.41) is 10.2. The van der Waals surface area contributed by atoms with Gasteiger partial charge in [-0.2, -0.15) is 0 Å². The van der Waals surface area contributed by atoms with Crippen LogP contribution < -0.4 is 0 Å². The molecule has 0 aliphatic carbocycles. The Kier molecular flexibility index (Phi) is 9.40. The van der Waals surface area contributed by atoms with Gasteiger partial charge >= 0.3 is 0 Å². The third-order valence-corrected chi connectivity index (χ3v) is 6.04. The fourth-order valence-electron chi connectivity index (χ4n) is 4.29. The number of nitrogens with one attached hydrogen (secondary N) is 1. The largest absolute Gasteiger partial charge is 0.395 e. The van der Waals surface area contributed by atoms with Crippen molar-refractivity contribution in [2.45, 2.75) is 20.8 Å². The molecule has 3 heterocycles. The molecule has 1 fully saturated rings. The first-order valence-corrected chi connectivity index (χ1v) is 12.0. The Morgan fingerprint density at radius 1 is 1.06 bits per heavy atom. The summed E-state index contributed by atoms with van der Waals surface area (Å²) >= 11 is 0. The summed E-state index contributed by atoms with van der Waals surface area (Å²) in [5.41, 5.74) is 7.72. The van der Waals surface area contributed by atoms with Crippen molar-refractivity contribution in [1.82, 2.24) is 19.8 Å². The van der Waals surface area contributed by atoms with E-state index in [1.807, 2.05) is 30.6 Å². The molecule has 0 spiro atoms. The van der Waals surface area contributed by atoms with E-state index in [9.17, 15) is 0 Å². The molecular weight excluding hydrogens is 420 g/mol. The van der Waals surface area contributed by atoms with Gasteiger partial charge in [-0.1, -0.05) is 60.8 Å². The maximum Gasteiger partial charge on any atom is 0.137 e. The summed E-state index contributed by atoms with van der Waals surface area (Å²) in [6.07, 6.45) is 16.1. The van der Waals surface area contributed by atoms with Gasteiger partial charge in [0.1, 0.15) is 5.65 Å². The second kappa shape index (κ2) is 12.5. The number of allylic oxidation sites excluding steroid dienone is 9. The number of hydrogen-bond acceptors (Lipinski definition) is 4. The van der Waals surface area contributed by atoms with Gasteiger partial charge in [-0.15, -0.1) is 0 Å². The van der Waals surface area contributed by atoms with E-state index in [1.54, 1.807) is 0 Å². The molecule has 0 amide bonds. The van der Waals surface area contributed by atoms with Crippen LogP contribution in [0.15, 0.2) is 79.2 Å². The van der Waals surface area contributed by atoms with E-state index in [0.29, 0.717) is 0 Å². The lowest BCUT2D eigenvalue weighted by Crippen LogP contribution is -2.47. The number of aromatic nitrogens is 2. The molecule has 5 nitrogen and oxygen atoms in total. The van der Waals surface area contributed by atoms with Gasteiger partial charge in [0.15, 0.2) is 0 Å². The maximum absolute atomic E-state index is 9.12. The van der Waals surface area contributed by atoms with Gasteiger partial charge in [-0.3, -0.25) is 9.80 Å². The molecule has 0 unspecified atom stereocenters. The van der Waals surface area contributed by atoms with E-state index < -0.39 is 0 Å². The highest BCUT2D eigenvalue weighted by atomic mass is 16.3. The fraction of sp³-hybridized carbons (Fsp3) is 0.345. The van der Waals surface area contributed by atoms with Crippen LogP contribution in [0.2, 0.25) is 0 Å². The first-order valence-electron chi connectivity index (χ1n) is 12.0. The molecule has 0 bridgehead atoms. The van der Waals surface area contributed by atoms with Crippen LogP contribution in [0.1, 0.15) is 31.9 Å². The average molecular weight is 459 g/mol. The highest BCUT2D eigenvalue weighted by molar-refractivity contribution is 5.95. The van der Waals surface area contributed by atoms with E-state index in [1.165, 1.54) is 11.1 Å². The molecular formula is C29H38N4O. The van der Waals surface area contributed by atoms with E-state index in [2.05, 4.69) is 78.0 Å². The van der Waals surface area contributed by atoms with Gasteiger partial charge in [-0.25, -0.2) is 4.98 Å². The maximum atomic E-state index is 9.12.